The topological polar surface area (TPSA) is 77.7 Å². The van der Waals surface area contributed by atoms with E-state index in [1.165, 1.54) is 0 Å². The van der Waals surface area contributed by atoms with E-state index in [2.05, 4.69) is 15.3 Å². The molecule has 2 N–H and O–H groups in total. The van der Waals surface area contributed by atoms with Crippen molar-refractivity contribution in [1.82, 2.24) is 15.3 Å². The molecule has 11 heavy (non-hydrogen) atoms. The average molecular weight is 154 g/mol. The molecular weight excluding hydrogens is 146 g/mol. The lowest BCUT2D eigenvalue weighted by molar-refractivity contribution is 0.0945. The van der Waals surface area contributed by atoms with Crippen LogP contribution in [0.15, 0.2) is 6.20 Å². The number of nitrogens with one attached hydrogen (secondary N) is 2. The summed E-state index contributed by atoms with van der Waals surface area (Å²) in [7, 11) is 0. The molecule has 1 aromatic rings. The molecule has 0 bridgehead atoms. The maximum Gasteiger partial charge on any atom is 0.288 e. The quantitative estimate of drug-likeness (QED) is 0.642. The van der Waals surface area contributed by atoms with Gasteiger partial charge in [-0.15, -0.1) is 0 Å². The SMILES string of the molecule is CCNC(=O)c1nc([O])c[nH]1. The molecule has 5 heteroatoms. The van der Waals surface area contributed by atoms with Gasteiger partial charge in [-0.1, -0.05) is 0 Å². The van der Waals surface area contributed by atoms with Crippen molar-refractivity contribution >= 4 is 5.91 Å². The second-order valence-corrected chi connectivity index (χ2v) is 1.95. The molecule has 0 saturated heterocycles. The predicted molar refractivity (Wildman–Crippen MR) is 36.7 cm³/mol. The van der Waals surface area contributed by atoms with Gasteiger partial charge in [-0.25, -0.2) is 0 Å². The molecule has 1 rings (SSSR count). The molecule has 0 aliphatic heterocycles. The summed E-state index contributed by atoms with van der Waals surface area (Å²) in [5.41, 5.74) is 0. The second-order valence-electron chi connectivity index (χ2n) is 1.95. The lowest BCUT2D eigenvalue weighted by Gasteiger charge is -1.95. The van der Waals surface area contributed by atoms with Crippen molar-refractivity contribution in [2.24, 2.45) is 0 Å². The van der Waals surface area contributed by atoms with Crippen molar-refractivity contribution in [2.45, 2.75) is 6.92 Å². The number of imidazole rings is 1. The Hall–Kier alpha value is -1.52. The Kier molecular flexibility index (Phi) is 2.10. The standard InChI is InChI=1S/C6H8N3O2/c1-2-7-6(11)5-8-3-4(10)9-5/h3H,2H2,1H3,(H,7,11)(H,8,9). The summed E-state index contributed by atoms with van der Waals surface area (Å²) in [5.74, 6) is -0.710. The van der Waals surface area contributed by atoms with E-state index in [-0.39, 0.29) is 11.7 Å². The molecule has 1 heterocycles. The number of amides is 1. The molecule has 0 spiro atoms. The van der Waals surface area contributed by atoms with E-state index in [9.17, 15) is 9.90 Å². The first-order valence-electron chi connectivity index (χ1n) is 3.24. The molecule has 1 amide bonds. The van der Waals surface area contributed by atoms with Crippen molar-refractivity contribution in [3.63, 3.8) is 0 Å². The van der Waals surface area contributed by atoms with Crippen molar-refractivity contribution in [3.05, 3.63) is 12.0 Å². The van der Waals surface area contributed by atoms with Crippen LogP contribution in [0.5, 0.6) is 5.88 Å². The molecule has 5 nitrogen and oxygen atoms in total. The molecule has 0 aliphatic rings. The third-order valence-corrected chi connectivity index (χ3v) is 1.11. The summed E-state index contributed by atoms with van der Waals surface area (Å²) in [6.45, 7) is 2.31. The van der Waals surface area contributed by atoms with Crippen LogP contribution in [0, 0.1) is 0 Å². The number of hydrogen-bond donors (Lipinski definition) is 2. The predicted octanol–water partition coefficient (Wildman–Crippen LogP) is 0.303. The van der Waals surface area contributed by atoms with Crippen LogP contribution < -0.4 is 5.32 Å². The molecule has 0 aliphatic carbocycles. The van der Waals surface area contributed by atoms with Gasteiger partial charge in [0.15, 0.2) is 5.82 Å². The molecule has 0 atom stereocenters. The zero-order valence-corrected chi connectivity index (χ0v) is 6.05. The number of aromatic nitrogens is 2. The first-order chi connectivity index (χ1) is 5.24. The molecule has 0 fully saturated rings. The maximum atomic E-state index is 10.9. The minimum absolute atomic E-state index is 0.0665. The van der Waals surface area contributed by atoms with E-state index in [0.29, 0.717) is 6.54 Å². The van der Waals surface area contributed by atoms with Crippen molar-refractivity contribution < 1.29 is 9.90 Å². The first kappa shape index (κ1) is 7.59. The highest BCUT2D eigenvalue weighted by Gasteiger charge is 2.08. The van der Waals surface area contributed by atoms with Crippen LogP contribution in [0.2, 0.25) is 0 Å². The van der Waals surface area contributed by atoms with Crippen LogP contribution in [0.3, 0.4) is 0 Å². The van der Waals surface area contributed by atoms with Crippen molar-refractivity contribution in [3.8, 4) is 5.88 Å². The van der Waals surface area contributed by atoms with Crippen molar-refractivity contribution in [2.75, 3.05) is 6.54 Å². The molecule has 0 aromatic carbocycles. The molecule has 1 aromatic heterocycles. The lowest BCUT2D eigenvalue weighted by atomic mass is 10.5. The van der Waals surface area contributed by atoms with Gasteiger partial charge in [0, 0.05) is 6.54 Å². The summed E-state index contributed by atoms with van der Waals surface area (Å²) in [5, 5.41) is 13.0. The number of carbonyl (C=O) groups is 1. The van der Waals surface area contributed by atoms with Gasteiger partial charge in [-0.3, -0.25) is 9.90 Å². The molecular formula is C6H8N3O2. The monoisotopic (exact) mass is 154 g/mol. The first-order valence-corrected chi connectivity index (χ1v) is 3.24. The van der Waals surface area contributed by atoms with Gasteiger partial charge in [0.1, 0.15) is 0 Å². The summed E-state index contributed by atoms with van der Waals surface area (Å²) in [4.78, 5) is 16.8. The van der Waals surface area contributed by atoms with Gasteiger partial charge in [0.2, 0.25) is 0 Å². The largest absolute Gasteiger partial charge is 0.350 e. The van der Waals surface area contributed by atoms with Crippen LogP contribution in [0.4, 0.5) is 0 Å². The third-order valence-electron chi connectivity index (χ3n) is 1.11. The van der Waals surface area contributed by atoms with E-state index >= 15 is 0 Å². The molecule has 0 saturated carbocycles. The van der Waals surface area contributed by atoms with Gasteiger partial charge in [0.25, 0.3) is 11.8 Å². The van der Waals surface area contributed by atoms with Crippen LogP contribution in [-0.2, 0) is 5.11 Å². The zero-order valence-electron chi connectivity index (χ0n) is 6.05. The molecule has 0 unspecified atom stereocenters. The number of hydrogen-bond acceptors (Lipinski definition) is 2. The smallest absolute Gasteiger partial charge is 0.288 e. The Morgan fingerprint density at radius 1 is 1.82 bits per heavy atom. The number of rotatable bonds is 2. The van der Waals surface area contributed by atoms with Crippen LogP contribution in [0.25, 0.3) is 0 Å². The van der Waals surface area contributed by atoms with Crippen molar-refractivity contribution in [1.29, 1.82) is 0 Å². The van der Waals surface area contributed by atoms with E-state index < -0.39 is 5.88 Å². The summed E-state index contributed by atoms with van der Waals surface area (Å²) >= 11 is 0. The maximum absolute atomic E-state index is 10.9. The van der Waals surface area contributed by atoms with E-state index in [4.69, 9.17) is 0 Å². The Balaban J connectivity index is 2.69. The average Bonchev–Trinajstić information content (AvgIpc) is 2.36. The fraction of sp³-hybridized carbons (Fsp3) is 0.333. The van der Waals surface area contributed by atoms with Crippen LogP contribution >= 0.6 is 0 Å². The number of nitrogens with zero attached hydrogens (tertiary/aromatic N) is 1. The summed E-state index contributed by atoms with van der Waals surface area (Å²) < 4.78 is 0. The second kappa shape index (κ2) is 3.05. The Bertz CT molecular complexity index is 256. The number of carbonyl (C=O) groups excluding carboxylic acids is 1. The van der Waals surface area contributed by atoms with Gasteiger partial charge < -0.3 is 10.3 Å². The summed E-state index contributed by atoms with van der Waals surface area (Å²) in [6.07, 6.45) is 1.14. The fourth-order valence-electron chi connectivity index (χ4n) is 0.665. The number of aromatic amines is 1. The molecule has 1 radical (unpaired) electrons. The third kappa shape index (κ3) is 1.70. The van der Waals surface area contributed by atoms with E-state index in [0.717, 1.165) is 6.20 Å². The van der Waals surface area contributed by atoms with Crippen LogP contribution in [0.1, 0.15) is 17.5 Å². The lowest BCUT2D eigenvalue weighted by Crippen LogP contribution is -2.23. The minimum atomic E-state index is -0.425. The minimum Gasteiger partial charge on any atom is -0.350 e. The molecule has 59 valence electrons. The van der Waals surface area contributed by atoms with Crippen LogP contribution in [-0.4, -0.2) is 22.4 Å². The normalized spacial score (nSPS) is 9.55. The van der Waals surface area contributed by atoms with E-state index in [1.807, 2.05) is 0 Å². The number of H-pyrrole nitrogens is 1. The highest BCUT2D eigenvalue weighted by Crippen LogP contribution is 2.02. The Labute approximate surface area is 63.5 Å². The Morgan fingerprint density at radius 2 is 2.55 bits per heavy atom. The Morgan fingerprint density at radius 3 is 3.00 bits per heavy atom. The van der Waals surface area contributed by atoms with Gasteiger partial charge in [0.05, 0.1) is 6.20 Å². The highest BCUT2D eigenvalue weighted by molar-refractivity contribution is 5.90. The van der Waals surface area contributed by atoms with Gasteiger partial charge in [-0.05, 0) is 6.92 Å². The highest BCUT2D eigenvalue weighted by atomic mass is 16.3. The van der Waals surface area contributed by atoms with Gasteiger partial charge in [-0.2, -0.15) is 4.98 Å². The van der Waals surface area contributed by atoms with E-state index in [1.54, 1.807) is 6.92 Å². The summed E-state index contributed by atoms with van der Waals surface area (Å²) in [6, 6.07) is 0. The van der Waals surface area contributed by atoms with Gasteiger partial charge >= 0.3 is 0 Å². The zero-order chi connectivity index (χ0) is 8.27. The fourth-order valence-corrected chi connectivity index (χ4v) is 0.665.